The number of carbonyl (C=O) groups excluding carboxylic acids is 4. The molecule has 35 heavy (non-hydrogen) atoms. The van der Waals surface area contributed by atoms with Crippen molar-refractivity contribution in [2.24, 2.45) is 0 Å². The molecule has 1 N–H and O–H groups in total. The lowest BCUT2D eigenvalue weighted by molar-refractivity contribution is -0.131. The minimum absolute atomic E-state index is 0.317. The lowest BCUT2D eigenvalue weighted by Crippen LogP contribution is -2.42. The fourth-order valence-corrected chi connectivity index (χ4v) is 5.27. The highest BCUT2D eigenvalue weighted by Gasteiger charge is 2.55. The Bertz CT molecular complexity index is 1390. The lowest BCUT2D eigenvalue weighted by Gasteiger charge is -2.22. The summed E-state index contributed by atoms with van der Waals surface area (Å²) in [5, 5.41) is 2.86. The maximum Gasteiger partial charge on any atom is 0.337 e. The molecule has 1 atom stereocenters. The number of benzene rings is 2. The summed E-state index contributed by atoms with van der Waals surface area (Å²) < 4.78 is 6.64. The number of carbonyl (C=O) groups is 4. The summed E-state index contributed by atoms with van der Waals surface area (Å²) in [5.41, 5.74) is 3.90. The van der Waals surface area contributed by atoms with Crippen LogP contribution in [0.1, 0.15) is 49.7 Å². The van der Waals surface area contributed by atoms with E-state index in [-0.39, 0.29) is 18.2 Å². The number of amides is 3. The minimum Gasteiger partial charge on any atom is -0.465 e. The number of imide groups is 1. The molecule has 2 aromatic carbocycles. The number of hydrogen-bond acceptors (Lipinski definition) is 5. The molecule has 1 aliphatic heterocycles. The van der Waals surface area contributed by atoms with Gasteiger partial charge >= 0.3 is 12.0 Å². The van der Waals surface area contributed by atoms with Crippen LogP contribution in [0.4, 0.5) is 4.79 Å². The number of urea groups is 1. The van der Waals surface area contributed by atoms with Crippen molar-refractivity contribution in [2.45, 2.75) is 32.2 Å². The highest BCUT2D eigenvalue weighted by Crippen LogP contribution is 2.41. The predicted molar refractivity (Wildman–Crippen MR) is 128 cm³/mol. The van der Waals surface area contributed by atoms with Gasteiger partial charge in [0.15, 0.2) is 5.78 Å². The first kappa shape index (κ1) is 22.6. The third-order valence-electron chi connectivity index (χ3n) is 7.00. The van der Waals surface area contributed by atoms with Crippen molar-refractivity contribution in [1.29, 1.82) is 0 Å². The second-order valence-corrected chi connectivity index (χ2v) is 8.97. The van der Waals surface area contributed by atoms with Crippen molar-refractivity contribution in [3.05, 3.63) is 88.2 Å². The SMILES string of the molecule is COC(=O)c1ccc(-n2c(C)cc(C(=O)CN3C(=O)N[C@@]4(CCc5ccccc54)C3=O)c2C)cc1. The van der Waals surface area contributed by atoms with Crippen LogP contribution in [0.5, 0.6) is 0 Å². The molecule has 1 saturated heterocycles. The molecule has 8 heteroatoms. The molecule has 0 bridgehead atoms. The van der Waals surface area contributed by atoms with Crippen molar-refractivity contribution in [3.8, 4) is 5.69 Å². The molecule has 0 saturated carbocycles. The van der Waals surface area contributed by atoms with E-state index < -0.39 is 17.5 Å². The van der Waals surface area contributed by atoms with Crippen LogP contribution in [-0.4, -0.2) is 46.8 Å². The van der Waals surface area contributed by atoms with Gasteiger partial charge in [0.1, 0.15) is 5.54 Å². The van der Waals surface area contributed by atoms with Crippen molar-refractivity contribution >= 4 is 23.7 Å². The maximum atomic E-state index is 13.4. The number of nitrogens with one attached hydrogen (secondary N) is 1. The molecule has 3 aromatic rings. The second kappa shape index (κ2) is 8.23. The third-order valence-corrected chi connectivity index (χ3v) is 7.00. The van der Waals surface area contributed by atoms with Gasteiger partial charge in [-0.1, -0.05) is 24.3 Å². The van der Waals surface area contributed by atoms with Crippen molar-refractivity contribution in [1.82, 2.24) is 14.8 Å². The molecule has 2 aliphatic rings. The minimum atomic E-state index is -1.09. The van der Waals surface area contributed by atoms with Gasteiger partial charge in [0.2, 0.25) is 0 Å². The highest BCUT2D eigenvalue weighted by atomic mass is 16.5. The molecule has 1 spiro atoms. The van der Waals surface area contributed by atoms with E-state index in [9.17, 15) is 19.2 Å². The molecule has 1 aliphatic carbocycles. The monoisotopic (exact) mass is 471 g/mol. The molecule has 5 rings (SSSR count). The number of esters is 1. The van der Waals surface area contributed by atoms with Gasteiger partial charge in [-0.2, -0.15) is 0 Å². The summed E-state index contributed by atoms with van der Waals surface area (Å²) in [6.45, 7) is 3.35. The normalized spacial score (nSPS) is 18.7. The molecular weight excluding hydrogens is 446 g/mol. The van der Waals surface area contributed by atoms with Crippen LogP contribution in [0.15, 0.2) is 54.6 Å². The van der Waals surface area contributed by atoms with Crippen LogP contribution < -0.4 is 5.32 Å². The van der Waals surface area contributed by atoms with Gasteiger partial charge in [0, 0.05) is 22.6 Å². The number of methoxy groups -OCH3 is 1. The molecular formula is C27H25N3O5. The maximum absolute atomic E-state index is 13.4. The third kappa shape index (κ3) is 3.44. The van der Waals surface area contributed by atoms with Gasteiger partial charge in [-0.25, -0.2) is 9.59 Å². The number of fused-ring (bicyclic) bond motifs is 2. The zero-order valence-electron chi connectivity index (χ0n) is 19.8. The number of ketones is 1. The lowest BCUT2D eigenvalue weighted by atomic mass is 9.92. The largest absolute Gasteiger partial charge is 0.465 e. The quantitative estimate of drug-likeness (QED) is 0.349. The Kier molecular flexibility index (Phi) is 5.31. The van der Waals surface area contributed by atoms with Crippen LogP contribution in [0.3, 0.4) is 0 Å². The Morgan fingerprint density at radius 2 is 1.77 bits per heavy atom. The number of Topliss-reactive ketones (excluding diaryl/α,β-unsaturated/α-hetero) is 1. The number of rotatable bonds is 5. The summed E-state index contributed by atoms with van der Waals surface area (Å²) in [5.74, 6) is -1.13. The molecule has 178 valence electrons. The van der Waals surface area contributed by atoms with Crippen molar-refractivity contribution in [3.63, 3.8) is 0 Å². The fraction of sp³-hybridized carbons (Fsp3) is 0.259. The van der Waals surface area contributed by atoms with Crippen LogP contribution in [0.2, 0.25) is 0 Å². The Hall–Kier alpha value is -4.20. The molecule has 1 aromatic heterocycles. The van der Waals surface area contributed by atoms with Gasteiger partial charge in [-0.3, -0.25) is 14.5 Å². The van der Waals surface area contributed by atoms with E-state index in [2.05, 4.69) is 5.32 Å². The summed E-state index contributed by atoms with van der Waals surface area (Å²) in [4.78, 5) is 52.3. The molecule has 2 heterocycles. The van der Waals surface area contributed by atoms with Gasteiger partial charge < -0.3 is 14.6 Å². The van der Waals surface area contributed by atoms with E-state index in [1.807, 2.05) is 42.7 Å². The van der Waals surface area contributed by atoms with E-state index in [0.717, 1.165) is 27.4 Å². The van der Waals surface area contributed by atoms with E-state index in [0.29, 0.717) is 29.7 Å². The molecule has 1 fully saturated rings. The first-order valence-electron chi connectivity index (χ1n) is 11.4. The molecule has 3 amide bonds. The van der Waals surface area contributed by atoms with Crippen LogP contribution >= 0.6 is 0 Å². The summed E-state index contributed by atoms with van der Waals surface area (Å²) in [6.07, 6.45) is 1.18. The van der Waals surface area contributed by atoms with Crippen molar-refractivity contribution < 1.29 is 23.9 Å². The topological polar surface area (TPSA) is 97.7 Å². The number of ether oxygens (including phenoxy) is 1. The smallest absolute Gasteiger partial charge is 0.337 e. The van der Waals surface area contributed by atoms with E-state index in [1.54, 1.807) is 30.3 Å². The highest BCUT2D eigenvalue weighted by molar-refractivity contribution is 6.12. The fourth-order valence-electron chi connectivity index (χ4n) is 5.27. The molecule has 0 unspecified atom stereocenters. The molecule has 0 radical (unpaired) electrons. The first-order valence-corrected chi connectivity index (χ1v) is 11.4. The van der Waals surface area contributed by atoms with Gasteiger partial charge in [0.25, 0.3) is 5.91 Å². The standard InChI is InChI=1S/C27H25N3O5/c1-16-14-21(17(2)30(16)20-10-8-19(9-11-20)24(32)35-3)23(31)15-29-25(33)27(28-26(29)34)13-12-18-6-4-5-7-22(18)27/h4-11,14H,12-13,15H2,1-3H3,(H,28,34)/t27-/m1/s1. The Balaban J connectivity index is 1.40. The van der Waals surface area contributed by atoms with Crippen LogP contribution in [0.25, 0.3) is 5.69 Å². The van der Waals surface area contributed by atoms with Gasteiger partial charge in [0.05, 0.1) is 19.2 Å². The molecule has 8 nitrogen and oxygen atoms in total. The van der Waals surface area contributed by atoms with E-state index in [1.165, 1.54) is 7.11 Å². The number of nitrogens with zero attached hydrogens (tertiary/aromatic N) is 2. The second-order valence-electron chi connectivity index (χ2n) is 8.97. The van der Waals surface area contributed by atoms with Crippen LogP contribution in [-0.2, 0) is 21.5 Å². The average Bonchev–Trinajstić information content (AvgIpc) is 3.46. The van der Waals surface area contributed by atoms with Crippen LogP contribution in [0, 0.1) is 13.8 Å². The zero-order valence-corrected chi connectivity index (χ0v) is 19.8. The summed E-state index contributed by atoms with van der Waals surface area (Å²) in [7, 11) is 1.33. The van der Waals surface area contributed by atoms with E-state index >= 15 is 0 Å². The van der Waals surface area contributed by atoms with Gasteiger partial charge in [-0.05, 0) is 68.1 Å². The Morgan fingerprint density at radius 3 is 2.49 bits per heavy atom. The predicted octanol–water partition coefficient (Wildman–Crippen LogP) is 3.46. The number of hydrogen-bond donors (Lipinski definition) is 1. The Labute approximate surface area is 202 Å². The van der Waals surface area contributed by atoms with Gasteiger partial charge in [-0.15, -0.1) is 0 Å². The summed E-state index contributed by atoms with van der Waals surface area (Å²) >= 11 is 0. The zero-order chi connectivity index (χ0) is 24.9. The van der Waals surface area contributed by atoms with Crippen molar-refractivity contribution in [2.75, 3.05) is 13.7 Å². The van der Waals surface area contributed by atoms with E-state index in [4.69, 9.17) is 4.74 Å². The number of aryl methyl sites for hydroxylation is 2. The average molecular weight is 472 g/mol. The Morgan fingerprint density at radius 1 is 1.06 bits per heavy atom. The summed E-state index contributed by atoms with van der Waals surface area (Å²) in [6, 6.07) is 15.7. The number of aromatic nitrogens is 1. The first-order chi connectivity index (χ1) is 16.8.